The maximum Gasteiger partial charge on any atom is 0.257 e. The molecule has 1 fully saturated rings. The van der Waals surface area contributed by atoms with Crippen molar-refractivity contribution < 1.29 is 14.3 Å². The van der Waals surface area contributed by atoms with E-state index in [4.69, 9.17) is 4.74 Å². The first kappa shape index (κ1) is 22.0. The summed E-state index contributed by atoms with van der Waals surface area (Å²) in [5.41, 5.74) is 2.47. The van der Waals surface area contributed by atoms with Crippen LogP contribution in [0.3, 0.4) is 0 Å². The maximum atomic E-state index is 13.0. The Morgan fingerprint density at radius 3 is 2.40 bits per heavy atom. The molecule has 0 aliphatic carbocycles. The number of nitrogens with zero attached hydrogens (tertiary/aromatic N) is 2. The van der Waals surface area contributed by atoms with Crippen LogP contribution in [-0.4, -0.2) is 60.7 Å². The third-order valence-corrected chi connectivity index (χ3v) is 6.04. The zero-order valence-electron chi connectivity index (χ0n) is 17.6. The van der Waals surface area contributed by atoms with E-state index in [9.17, 15) is 9.59 Å². The Bertz CT molecular complexity index is 852. The minimum Gasteiger partial charge on any atom is -0.496 e. The first-order chi connectivity index (χ1) is 14.6. The summed E-state index contributed by atoms with van der Waals surface area (Å²) in [5, 5.41) is 0. The lowest BCUT2D eigenvalue weighted by Crippen LogP contribution is -2.51. The standard InChI is InChI=1S/C23H29N3O3S/c1-3-15-30-24-19-9-10-20(21(17-19)29-2)23(28)26-13-11-25(12-14-26)22(27)16-18-7-5-4-6-8-18/h4-10,17,24H,3,11-16H2,1-2H3. The topological polar surface area (TPSA) is 61.9 Å². The zero-order chi connectivity index (χ0) is 21.3. The van der Waals surface area contributed by atoms with Crippen LogP contribution in [-0.2, 0) is 11.2 Å². The molecular formula is C23H29N3O3S. The normalized spacial score (nSPS) is 13.8. The van der Waals surface area contributed by atoms with Crippen molar-refractivity contribution in [1.82, 2.24) is 9.80 Å². The highest BCUT2D eigenvalue weighted by Gasteiger charge is 2.26. The first-order valence-electron chi connectivity index (χ1n) is 10.3. The number of carbonyl (C=O) groups is 2. The molecule has 1 aliphatic heterocycles. The van der Waals surface area contributed by atoms with Crippen molar-refractivity contribution in [1.29, 1.82) is 0 Å². The van der Waals surface area contributed by atoms with Gasteiger partial charge in [0, 0.05) is 43.7 Å². The predicted molar refractivity (Wildman–Crippen MR) is 122 cm³/mol. The lowest BCUT2D eigenvalue weighted by atomic mass is 10.1. The molecule has 6 nitrogen and oxygen atoms in total. The Morgan fingerprint density at radius 1 is 1.03 bits per heavy atom. The molecule has 0 radical (unpaired) electrons. The molecule has 30 heavy (non-hydrogen) atoms. The fourth-order valence-corrected chi connectivity index (χ4v) is 3.98. The molecule has 0 spiro atoms. The maximum absolute atomic E-state index is 13.0. The molecule has 2 amide bonds. The van der Waals surface area contributed by atoms with E-state index in [1.54, 1.807) is 24.0 Å². The smallest absolute Gasteiger partial charge is 0.257 e. The number of hydrogen-bond donors (Lipinski definition) is 1. The summed E-state index contributed by atoms with van der Waals surface area (Å²) < 4.78 is 8.74. The van der Waals surface area contributed by atoms with Gasteiger partial charge in [0.1, 0.15) is 5.75 Å². The molecule has 1 heterocycles. The summed E-state index contributed by atoms with van der Waals surface area (Å²) >= 11 is 1.63. The molecule has 0 atom stereocenters. The molecule has 0 bridgehead atoms. The van der Waals surface area contributed by atoms with Crippen LogP contribution in [0.5, 0.6) is 5.75 Å². The Hall–Kier alpha value is -2.67. The van der Waals surface area contributed by atoms with Crippen LogP contribution in [0.2, 0.25) is 0 Å². The number of carbonyl (C=O) groups excluding carboxylic acids is 2. The van der Waals surface area contributed by atoms with Gasteiger partial charge in [0.2, 0.25) is 5.91 Å². The number of amides is 2. The molecule has 2 aromatic carbocycles. The van der Waals surface area contributed by atoms with Gasteiger partial charge >= 0.3 is 0 Å². The Labute approximate surface area is 182 Å². The summed E-state index contributed by atoms with van der Waals surface area (Å²) in [6.07, 6.45) is 1.48. The average molecular weight is 428 g/mol. The Morgan fingerprint density at radius 2 is 1.73 bits per heavy atom. The van der Waals surface area contributed by atoms with Gasteiger partial charge in [-0.05, 0) is 24.1 Å². The number of rotatable bonds is 8. The molecule has 1 aliphatic rings. The highest BCUT2D eigenvalue weighted by atomic mass is 32.2. The van der Waals surface area contributed by atoms with Gasteiger partial charge in [-0.3, -0.25) is 9.59 Å². The molecule has 7 heteroatoms. The summed E-state index contributed by atoms with van der Waals surface area (Å²) in [7, 11) is 1.58. The SMILES string of the molecule is CCCSNc1ccc(C(=O)N2CCN(C(=O)Cc3ccccc3)CC2)c(OC)c1. The van der Waals surface area contributed by atoms with E-state index >= 15 is 0 Å². The van der Waals surface area contributed by atoms with Crippen molar-refractivity contribution in [3.63, 3.8) is 0 Å². The van der Waals surface area contributed by atoms with Crippen molar-refractivity contribution >= 4 is 29.4 Å². The van der Waals surface area contributed by atoms with Gasteiger partial charge in [0.05, 0.1) is 19.1 Å². The van der Waals surface area contributed by atoms with Gasteiger partial charge in [0.25, 0.3) is 5.91 Å². The summed E-state index contributed by atoms with van der Waals surface area (Å²) in [6, 6.07) is 15.3. The monoisotopic (exact) mass is 427 g/mol. The highest BCUT2D eigenvalue weighted by Crippen LogP contribution is 2.26. The van der Waals surface area contributed by atoms with E-state index < -0.39 is 0 Å². The fraction of sp³-hybridized carbons (Fsp3) is 0.391. The van der Waals surface area contributed by atoms with E-state index in [-0.39, 0.29) is 11.8 Å². The third kappa shape index (κ3) is 5.69. The molecule has 1 N–H and O–H groups in total. The molecule has 3 rings (SSSR count). The third-order valence-electron chi connectivity index (χ3n) is 5.05. The van der Waals surface area contributed by atoms with Gasteiger partial charge < -0.3 is 19.3 Å². The molecular weight excluding hydrogens is 398 g/mol. The van der Waals surface area contributed by atoms with Crippen molar-refractivity contribution in [3.05, 3.63) is 59.7 Å². The number of benzene rings is 2. The molecule has 160 valence electrons. The molecule has 2 aromatic rings. The van der Waals surface area contributed by atoms with Crippen LogP contribution in [0.4, 0.5) is 5.69 Å². The van der Waals surface area contributed by atoms with Crippen LogP contribution in [0.1, 0.15) is 29.3 Å². The van der Waals surface area contributed by atoms with Gasteiger partial charge in [-0.2, -0.15) is 0 Å². The molecule has 0 aromatic heterocycles. The van der Waals surface area contributed by atoms with Gasteiger partial charge in [-0.1, -0.05) is 49.2 Å². The number of anilines is 1. The largest absolute Gasteiger partial charge is 0.496 e. The summed E-state index contributed by atoms with van der Waals surface area (Å²) in [6.45, 7) is 4.27. The van der Waals surface area contributed by atoms with Gasteiger partial charge in [-0.25, -0.2) is 0 Å². The molecule has 0 saturated carbocycles. The minimum absolute atomic E-state index is 0.0604. The number of nitrogens with one attached hydrogen (secondary N) is 1. The second-order valence-corrected chi connectivity index (χ2v) is 8.10. The van der Waals surface area contributed by atoms with E-state index in [1.807, 2.05) is 53.4 Å². The molecule has 0 unspecified atom stereocenters. The van der Waals surface area contributed by atoms with E-state index in [2.05, 4.69) is 11.6 Å². The molecule has 1 saturated heterocycles. The fourth-order valence-electron chi connectivity index (χ4n) is 3.38. The zero-order valence-corrected chi connectivity index (χ0v) is 18.4. The van der Waals surface area contributed by atoms with E-state index in [0.717, 1.165) is 23.4 Å². The minimum atomic E-state index is -0.0604. The number of piperazine rings is 1. The predicted octanol–water partition coefficient (Wildman–Crippen LogP) is 3.69. The first-order valence-corrected chi connectivity index (χ1v) is 11.3. The average Bonchev–Trinajstić information content (AvgIpc) is 2.79. The van der Waals surface area contributed by atoms with Crippen molar-refractivity contribution in [2.24, 2.45) is 0 Å². The lowest BCUT2D eigenvalue weighted by Gasteiger charge is -2.35. The van der Waals surface area contributed by atoms with Crippen LogP contribution in [0.15, 0.2) is 48.5 Å². The summed E-state index contributed by atoms with van der Waals surface area (Å²) in [4.78, 5) is 29.2. The second kappa shape index (κ2) is 10.9. The van der Waals surface area contributed by atoms with E-state index in [1.165, 1.54) is 0 Å². The van der Waals surface area contributed by atoms with Crippen molar-refractivity contribution in [2.75, 3.05) is 43.8 Å². The van der Waals surface area contributed by atoms with Crippen LogP contribution < -0.4 is 9.46 Å². The number of hydrogen-bond acceptors (Lipinski definition) is 5. The summed E-state index contributed by atoms with van der Waals surface area (Å²) in [5.74, 6) is 1.61. The van der Waals surface area contributed by atoms with Gasteiger partial charge in [0.15, 0.2) is 0 Å². The Balaban J connectivity index is 1.57. The van der Waals surface area contributed by atoms with Crippen LogP contribution >= 0.6 is 11.9 Å². The van der Waals surface area contributed by atoms with Crippen LogP contribution in [0, 0.1) is 0 Å². The lowest BCUT2D eigenvalue weighted by molar-refractivity contribution is -0.131. The van der Waals surface area contributed by atoms with Crippen molar-refractivity contribution in [3.8, 4) is 5.75 Å². The number of methoxy groups -OCH3 is 1. The van der Waals surface area contributed by atoms with E-state index in [0.29, 0.717) is 43.9 Å². The quantitative estimate of drug-likeness (QED) is 0.514. The highest BCUT2D eigenvalue weighted by molar-refractivity contribution is 8.00. The Kier molecular flexibility index (Phi) is 8.02. The van der Waals surface area contributed by atoms with Crippen LogP contribution in [0.25, 0.3) is 0 Å². The second-order valence-electron chi connectivity index (χ2n) is 7.20. The van der Waals surface area contributed by atoms with Gasteiger partial charge in [-0.15, -0.1) is 0 Å². The van der Waals surface area contributed by atoms with Crippen molar-refractivity contribution in [2.45, 2.75) is 19.8 Å². The number of ether oxygens (including phenoxy) is 1.